The van der Waals surface area contributed by atoms with Crippen LogP contribution in [0.3, 0.4) is 0 Å². The van der Waals surface area contributed by atoms with Crippen molar-refractivity contribution >= 4 is 21.8 Å². The van der Waals surface area contributed by atoms with Crippen molar-refractivity contribution in [3.05, 3.63) is 24.7 Å². The Kier molecular flexibility index (Phi) is 4.03. The van der Waals surface area contributed by atoms with E-state index in [-0.39, 0.29) is 53.8 Å². The summed E-state index contributed by atoms with van der Waals surface area (Å²) in [4.78, 5) is 30.5. The second-order valence-corrected chi connectivity index (χ2v) is 9.32. The molecule has 0 N–H and O–H groups in total. The number of fused-ring (bicyclic) bond motifs is 1. The number of sulfonamides is 1. The van der Waals surface area contributed by atoms with E-state index in [1.165, 1.54) is 21.7 Å². The van der Waals surface area contributed by atoms with Crippen LogP contribution in [0, 0.1) is 11.8 Å². The summed E-state index contributed by atoms with van der Waals surface area (Å²) < 4.78 is 28.4. The molecule has 3 aliphatic rings. The second-order valence-electron chi connectivity index (χ2n) is 7.43. The van der Waals surface area contributed by atoms with Crippen molar-refractivity contribution in [2.24, 2.45) is 11.8 Å². The van der Waals surface area contributed by atoms with Gasteiger partial charge in [0, 0.05) is 25.3 Å². The van der Waals surface area contributed by atoms with Gasteiger partial charge in [0.2, 0.25) is 11.8 Å². The normalized spacial score (nSPS) is 27.3. The second kappa shape index (κ2) is 6.02. The van der Waals surface area contributed by atoms with Crippen LogP contribution in [0.4, 0.5) is 0 Å². The van der Waals surface area contributed by atoms with Crippen LogP contribution in [-0.4, -0.2) is 58.1 Å². The number of imidazole rings is 1. The number of imide groups is 1. The van der Waals surface area contributed by atoms with Gasteiger partial charge in [0.1, 0.15) is 0 Å². The summed E-state index contributed by atoms with van der Waals surface area (Å²) in [6, 6.07) is -0.255. The Hall–Kier alpha value is -2.00. The predicted molar refractivity (Wildman–Crippen MR) is 92.4 cm³/mol. The molecule has 0 saturated carbocycles. The summed E-state index contributed by atoms with van der Waals surface area (Å²) in [5, 5.41) is 0.00148. The molecule has 2 fully saturated rings. The molecule has 0 aromatic carbocycles. The molecule has 0 spiro atoms. The third-order valence-electron chi connectivity index (χ3n) is 5.51. The van der Waals surface area contributed by atoms with Crippen LogP contribution in [0.5, 0.6) is 0 Å². The van der Waals surface area contributed by atoms with E-state index in [2.05, 4.69) is 4.98 Å². The predicted octanol–water partition coefficient (Wildman–Crippen LogP) is 0.788. The number of nitrogens with zero attached hydrogens (tertiary/aromatic N) is 4. The van der Waals surface area contributed by atoms with Crippen LogP contribution in [0.25, 0.3) is 0 Å². The van der Waals surface area contributed by atoms with Gasteiger partial charge in [-0.1, -0.05) is 12.2 Å². The Morgan fingerprint density at radius 2 is 1.65 bits per heavy atom. The fraction of sp³-hybridized carbons (Fsp3) is 0.588. The summed E-state index contributed by atoms with van der Waals surface area (Å²) in [5.74, 6) is -0.870. The zero-order valence-corrected chi connectivity index (χ0v) is 15.6. The Bertz CT molecular complexity index is 856. The van der Waals surface area contributed by atoms with Crippen molar-refractivity contribution < 1.29 is 18.0 Å². The Balaban J connectivity index is 1.46. The van der Waals surface area contributed by atoms with Crippen LogP contribution in [-0.2, 0) is 19.6 Å². The lowest BCUT2D eigenvalue weighted by Gasteiger charge is -2.41. The minimum absolute atomic E-state index is 0.00148. The van der Waals surface area contributed by atoms with Crippen LogP contribution < -0.4 is 0 Å². The molecule has 1 aliphatic carbocycles. The first-order valence-electron chi connectivity index (χ1n) is 8.86. The largest absolute Gasteiger partial charge is 0.334 e. The fourth-order valence-electron chi connectivity index (χ4n) is 3.83. The van der Waals surface area contributed by atoms with Gasteiger partial charge < -0.3 is 4.57 Å². The first-order valence-corrected chi connectivity index (χ1v) is 10.3. The van der Waals surface area contributed by atoms with E-state index in [0.717, 1.165) is 0 Å². The molecular weight excluding hydrogens is 356 g/mol. The van der Waals surface area contributed by atoms with Gasteiger partial charge in [-0.3, -0.25) is 14.5 Å². The number of rotatable bonds is 4. The number of carbonyl (C=O) groups excluding carboxylic acids is 2. The quantitative estimate of drug-likeness (QED) is 0.570. The molecule has 1 aromatic heterocycles. The molecule has 3 heterocycles. The lowest BCUT2D eigenvalue weighted by Crippen LogP contribution is -2.62. The third-order valence-corrected chi connectivity index (χ3v) is 7.23. The average Bonchev–Trinajstić information content (AvgIpc) is 3.14. The van der Waals surface area contributed by atoms with Crippen molar-refractivity contribution in [1.82, 2.24) is 18.8 Å². The summed E-state index contributed by atoms with van der Waals surface area (Å²) in [6.07, 6.45) is 8.08. The summed E-state index contributed by atoms with van der Waals surface area (Å²) >= 11 is 0. The number of aromatic nitrogens is 2. The van der Waals surface area contributed by atoms with Crippen LogP contribution in [0.1, 0.15) is 32.7 Å². The van der Waals surface area contributed by atoms with Gasteiger partial charge in [-0.2, -0.15) is 4.31 Å². The number of likely N-dealkylation sites (tertiary alicyclic amines) is 1. The SMILES string of the molecule is CC(C)n1cnc(S(=O)(=O)N2CC(N3C(=O)C4CC=CCC4C3=O)C2)c1. The zero-order valence-electron chi connectivity index (χ0n) is 14.8. The van der Waals surface area contributed by atoms with E-state index < -0.39 is 10.0 Å². The van der Waals surface area contributed by atoms with Gasteiger partial charge in [-0.15, -0.1) is 0 Å². The van der Waals surface area contributed by atoms with Crippen LogP contribution in [0.2, 0.25) is 0 Å². The first-order chi connectivity index (χ1) is 12.3. The lowest BCUT2D eigenvalue weighted by molar-refractivity contribution is -0.145. The maximum atomic E-state index is 12.7. The van der Waals surface area contributed by atoms with Crippen molar-refractivity contribution in [2.45, 2.75) is 43.8 Å². The maximum Gasteiger partial charge on any atom is 0.262 e. The number of hydrogen-bond donors (Lipinski definition) is 0. The van der Waals surface area contributed by atoms with E-state index in [4.69, 9.17) is 0 Å². The van der Waals surface area contributed by atoms with Gasteiger partial charge in [0.05, 0.1) is 24.2 Å². The molecule has 8 nitrogen and oxygen atoms in total. The zero-order chi connectivity index (χ0) is 18.6. The summed E-state index contributed by atoms with van der Waals surface area (Å²) in [5.41, 5.74) is 0. The van der Waals surface area contributed by atoms with E-state index in [0.29, 0.717) is 12.8 Å². The minimum atomic E-state index is -3.70. The highest BCUT2D eigenvalue weighted by Crippen LogP contribution is 2.38. The Labute approximate surface area is 152 Å². The fourth-order valence-corrected chi connectivity index (χ4v) is 5.26. The van der Waals surface area contributed by atoms with Gasteiger partial charge in [0.25, 0.3) is 10.0 Å². The topological polar surface area (TPSA) is 92.6 Å². The number of hydrogen-bond acceptors (Lipinski definition) is 5. The Morgan fingerprint density at radius 1 is 1.08 bits per heavy atom. The molecule has 0 bridgehead atoms. The monoisotopic (exact) mass is 378 g/mol. The molecule has 0 radical (unpaired) electrons. The van der Waals surface area contributed by atoms with Crippen molar-refractivity contribution in [1.29, 1.82) is 0 Å². The molecule has 2 atom stereocenters. The number of carbonyl (C=O) groups is 2. The smallest absolute Gasteiger partial charge is 0.262 e. The van der Waals surface area contributed by atoms with Crippen molar-refractivity contribution in [3.63, 3.8) is 0 Å². The lowest BCUT2D eigenvalue weighted by atomic mass is 9.85. The van der Waals surface area contributed by atoms with Gasteiger partial charge in [-0.25, -0.2) is 13.4 Å². The minimum Gasteiger partial charge on any atom is -0.334 e. The molecule has 140 valence electrons. The molecule has 2 amide bonds. The molecule has 2 saturated heterocycles. The average molecular weight is 378 g/mol. The van der Waals surface area contributed by atoms with Crippen molar-refractivity contribution in [2.75, 3.05) is 13.1 Å². The highest BCUT2D eigenvalue weighted by molar-refractivity contribution is 7.89. The van der Waals surface area contributed by atoms with E-state index >= 15 is 0 Å². The standard InChI is InChI=1S/C17H22N4O4S/c1-11(2)19-9-15(18-10-19)26(24,25)20-7-12(8-20)21-16(22)13-5-3-4-6-14(13)17(21)23/h3-4,9-14H,5-8H2,1-2H3. The highest BCUT2D eigenvalue weighted by atomic mass is 32.2. The summed E-state index contributed by atoms with van der Waals surface area (Å²) in [7, 11) is -3.70. The number of amides is 2. The summed E-state index contributed by atoms with van der Waals surface area (Å²) in [6.45, 7) is 4.16. The third kappa shape index (κ3) is 2.52. The van der Waals surface area contributed by atoms with E-state index in [1.54, 1.807) is 4.57 Å². The molecule has 1 aromatic rings. The van der Waals surface area contributed by atoms with Crippen LogP contribution >= 0.6 is 0 Å². The molecule has 2 aliphatic heterocycles. The van der Waals surface area contributed by atoms with E-state index in [1.807, 2.05) is 26.0 Å². The molecule has 9 heteroatoms. The van der Waals surface area contributed by atoms with Gasteiger partial charge >= 0.3 is 0 Å². The van der Waals surface area contributed by atoms with E-state index in [9.17, 15) is 18.0 Å². The number of allylic oxidation sites excluding steroid dienone is 2. The molecule has 4 rings (SSSR count). The molecular formula is C17H22N4O4S. The van der Waals surface area contributed by atoms with Crippen molar-refractivity contribution in [3.8, 4) is 0 Å². The molecule has 26 heavy (non-hydrogen) atoms. The van der Waals surface area contributed by atoms with Crippen LogP contribution in [0.15, 0.2) is 29.7 Å². The highest BCUT2D eigenvalue weighted by Gasteiger charge is 2.53. The Morgan fingerprint density at radius 3 is 2.15 bits per heavy atom. The molecule has 2 unspecified atom stereocenters. The van der Waals surface area contributed by atoms with Gasteiger partial charge in [-0.05, 0) is 26.7 Å². The van der Waals surface area contributed by atoms with Gasteiger partial charge in [0.15, 0.2) is 5.03 Å². The first kappa shape index (κ1) is 17.4. The maximum absolute atomic E-state index is 12.7.